The fourth-order valence-corrected chi connectivity index (χ4v) is 2.38. The predicted molar refractivity (Wildman–Crippen MR) is 57.1 cm³/mol. The molecule has 0 aliphatic carbocycles. The minimum absolute atomic E-state index is 0.161. The first kappa shape index (κ1) is 12.8. The van der Waals surface area contributed by atoms with Crippen molar-refractivity contribution in [2.45, 2.75) is 24.6 Å². The lowest BCUT2D eigenvalue weighted by atomic mass is 10.3. The van der Waals surface area contributed by atoms with Gasteiger partial charge in [0.25, 0.3) is 0 Å². The topological polar surface area (TPSA) is 92.7 Å². The average Bonchev–Trinajstić information content (AvgIpc) is 2.57. The Kier molecular flexibility index (Phi) is 4.60. The fourth-order valence-electron chi connectivity index (χ4n) is 1.26. The highest BCUT2D eigenvalue weighted by Crippen LogP contribution is 2.22. The van der Waals surface area contributed by atoms with Crippen LogP contribution in [0.15, 0.2) is 0 Å². The van der Waals surface area contributed by atoms with Gasteiger partial charge < -0.3 is 15.2 Å². The van der Waals surface area contributed by atoms with Crippen LogP contribution in [0, 0.1) is 0 Å². The highest BCUT2D eigenvalue weighted by molar-refractivity contribution is 8.00. The molecule has 2 atom stereocenters. The van der Waals surface area contributed by atoms with Crippen molar-refractivity contribution in [3.8, 4) is 0 Å². The zero-order valence-electron chi connectivity index (χ0n) is 8.76. The molecule has 1 heterocycles. The van der Waals surface area contributed by atoms with Crippen molar-refractivity contribution in [1.29, 1.82) is 0 Å². The molecule has 2 unspecified atom stereocenters. The SMILES string of the molecule is CC(=O)NC(CSC1CCOC1=O)C(=O)O. The first-order valence-electron chi connectivity index (χ1n) is 4.79. The zero-order valence-corrected chi connectivity index (χ0v) is 9.58. The van der Waals surface area contributed by atoms with E-state index in [1.54, 1.807) is 0 Å². The number of carboxylic acid groups (broad SMARTS) is 1. The number of nitrogens with one attached hydrogen (secondary N) is 1. The molecular formula is C9H13NO5S. The Morgan fingerprint density at radius 3 is 2.81 bits per heavy atom. The second kappa shape index (κ2) is 5.74. The van der Waals surface area contributed by atoms with Crippen LogP contribution in [0.3, 0.4) is 0 Å². The molecular weight excluding hydrogens is 234 g/mol. The quantitative estimate of drug-likeness (QED) is 0.644. The number of esters is 1. The third-order valence-corrected chi connectivity index (χ3v) is 3.38. The van der Waals surface area contributed by atoms with Gasteiger partial charge in [0.1, 0.15) is 11.3 Å². The van der Waals surface area contributed by atoms with E-state index in [4.69, 9.17) is 9.84 Å². The van der Waals surface area contributed by atoms with Gasteiger partial charge in [-0.1, -0.05) is 0 Å². The van der Waals surface area contributed by atoms with Crippen molar-refractivity contribution in [3.63, 3.8) is 0 Å². The van der Waals surface area contributed by atoms with Gasteiger partial charge in [-0.2, -0.15) is 0 Å². The van der Waals surface area contributed by atoms with Crippen molar-refractivity contribution in [2.75, 3.05) is 12.4 Å². The van der Waals surface area contributed by atoms with Gasteiger partial charge >= 0.3 is 11.9 Å². The summed E-state index contributed by atoms with van der Waals surface area (Å²) in [4.78, 5) is 32.6. The first-order valence-corrected chi connectivity index (χ1v) is 5.83. The van der Waals surface area contributed by atoms with E-state index in [9.17, 15) is 14.4 Å². The molecule has 0 bridgehead atoms. The van der Waals surface area contributed by atoms with E-state index in [0.29, 0.717) is 13.0 Å². The number of hydrogen-bond donors (Lipinski definition) is 2. The van der Waals surface area contributed by atoms with E-state index in [-0.39, 0.29) is 17.0 Å². The molecule has 90 valence electrons. The van der Waals surface area contributed by atoms with Crippen LogP contribution in [0.5, 0.6) is 0 Å². The van der Waals surface area contributed by atoms with Crippen LogP contribution in [-0.4, -0.2) is 46.6 Å². The molecule has 6 nitrogen and oxygen atoms in total. The van der Waals surface area contributed by atoms with Gasteiger partial charge in [-0.15, -0.1) is 11.8 Å². The van der Waals surface area contributed by atoms with Gasteiger partial charge in [0.05, 0.1) is 6.61 Å². The molecule has 1 aliphatic heterocycles. The lowest BCUT2D eigenvalue weighted by Crippen LogP contribution is -2.42. The van der Waals surface area contributed by atoms with E-state index in [1.807, 2.05) is 0 Å². The second-order valence-corrected chi connectivity index (χ2v) is 4.61. The predicted octanol–water partition coefficient (Wildman–Crippen LogP) is -0.376. The normalized spacial score (nSPS) is 21.3. The minimum Gasteiger partial charge on any atom is -0.480 e. The summed E-state index contributed by atoms with van der Waals surface area (Å²) in [5.41, 5.74) is 0. The monoisotopic (exact) mass is 247 g/mol. The van der Waals surface area contributed by atoms with Crippen molar-refractivity contribution < 1.29 is 24.2 Å². The summed E-state index contributed by atoms with van der Waals surface area (Å²) in [6, 6.07) is -0.962. The number of thioether (sulfide) groups is 1. The van der Waals surface area contributed by atoms with Crippen LogP contribution in [0.1, 0.15) is 13.3 Å². The fraction of sp³-hybridized carbons (Fsp3) is 0.667. The Labute approximate surface area is 96.7 Å². The number of rotatable bonds is 5. The molecule has 16 heavy (non-hydrogen) atoms. The highest BCUT2D eigenvalue weighted by Gasteiger charge is 2.29. The molecule has 7 heteroatoms. The van der Waals surface area contributed by atoms with Crippen molar-refractivity contribution in [3.05, 3.63) is 0 Å². The summed E-state index contributed by atoms with van der Waals surface area (Å²) >= 11 is 1.20. The Bertz CT molecular complexity index is 306. The highest BCUT2D eigenvalue weighted by atomic mass is 32.2. The lowest BCUT2D eigenvalue weighted by molar-refractivity contribution is -0.141. The maximum absolute atomic E-state index is 11.1. The molecule has 1 rings (SSSR count). The summed E-state index contributed by atoms with van der Waals surface area (Å²) in [5.74, 6) is -1.65. The minimum atomic E-state index is -1.10. The standard InChI is InChI=1S/C9H13NO5S/c1-5(11)10-6(8(12)13)4-16-7-2-3-15-9(7)14/h6-7H,2-4H2,1H3,(H,10,11)(H,12,13). The van der Waals surface area contributed by atoms with Crippen LogP contribution in [-0.2, 0) is 19.1 Å². The number of ether oxygens (including phenoxy) is 1. The maximum Gasteiger partial charge on any atom is 0.327 e. The van der Waals surface area contributed by atoms with Crippen molar-refractivity contribution in [1.82, 2.24) is 5.32 Å². The van der Waals surface area contributed by atoms with E-state index in [0.717, 1.165) is 0 Å². The van der Waals surface area contributed by atoms with Crippen LogP contribution in [0.2, 0.25) is 0 Å². The number of carbonyl (C=O) groups excluding carboxylic acids is 2. The third-order valence-electron chi connectivity index (χ3n) is 2.03. The molecule has 0 saturated carbocycles. The van der Waals surface area contributed by atoms with Gasteiger partial charge in [-0.25, -0.2) is 4.79 Å². The largest absolute Gasteiger partial charge is 0.480 e. The number of hydrogen-bond acceptors (Lipinski definition) is 5. The van der Waals surface area contributed by atoms with Crippen molar-refractivity contribution >= 4 is 29.6 Å². The zero-order chi connectivity index (χ0) is 12.1. The molecule has 0 aromatic heterocycles. The Morgan fingerprint density at radius 1 is 1.69 bits per heavy atom. The van der Waals surface area contributed by atoms with Gasteiger partial charge in [-0.05, 0) is 0 Å². The summed E-state index contributed by atoms with van der Waals surface area (Å²) in [6.07, 6.45) is 0.593. The Hall–Kier alpha value is -1.24. The molecule has 1 fully saturated rings. The molecule has 1 amide bonds. The molecule has 2 N–H and O–H groups in total. The molecule has 0 radical (unpaired) electrons. The van der Waals surface area contributed by atoms with E-state index in [1.165, 1.54) is 18.7 Å². The number of amides is 1. The molecule has 0 spiro atoms. The number of aliphatic carboxylic acids is 1. The summed E-state index contributed by atoms with van der Waals surface area (Å²) in [6.45, 7) is 1.64. The number of carbonyl (C=O) groups is 3. The molecule has 0 aromatic carbocycles. The number of carboxylic acids is 1. The van der Waals surface area contributed by atoms with Crippen LogP contribution < -0.4 is 5.32 Å². The van der Waals surface area contributed by atoms with Gasteiger partial charge in [0.15, 0.2) is 0 Å². The summed E-state index contributed by atoms with van der Waals surface area (Å²) in [5, 5.41) is 10.8. The van der Waals surface area contributed by atoms with Gasteiger partial charge in [-0.3, -0.25) is 9.59 Å². The Morgan fingerprint density at radius 2 is 2.38 bits per heavy atom. The lowest BCUT2D eigenvalue weighted by Gasteiger charge is -2.13. The van der Waals surface area contributed by atoms with Crippen LogP contribution >= 0.6 is 11.8 Å². The smallest absolute Gasteiger partial charge is 0.327 e. The summed E-state index contributed by atoms with van der Waals surface area (Å²) in [7, 11) is 0. The van der Waals surface area contributed by atoms with Gasteiger partial charge in [0, 0.05) is 19.1 Å². The molecule has 0 aromatic rings. The molecule has 1 saturated heterocycles. The second-order valence-electron chi connectivity index (χ2n) is 3.37. The average molecular weight is 247 g/mol. The van der Waals surface area contributed by atoms with Gasteiger partial charge in [0.2, 0.25) is 5.91 Å². The Balaban J connectivity index is 2.40. The van der Waals surface area contributed by atoms with Crippen LogP contribution in [0.25, 0.3) is 0 Å². The van der Waals surface area contributed by atoms with E-state index < -0.39 is 17.9 Å². The van der Waals surface area contributed by atoms with Crippen molar-refractivity contribution in [2.24, 2.45) is 0 Å². The van der Waals surface area contributed by atoms with E-state index in [2.05, 4.69) is 5.32 Å². The third kappa shape index (κ3) is 3.73. The van der Waals surface area contributed by atoms with E-state index >= 15 is 0 Å². The number of cyclic esters (lactones) is 1. The first-order chi connectivity index (χ1) is 7.50. The molecule has 1 aliphatic rings. The van der Waals surface area contributed by atoms with Crippen LogP contribution in [0.4, 0.5) is 0 Å². The maximum atomic E-state index is 11.1. The summed E-state index contributed by atoms with van der Waals surface area (Å²) < 4.78 is 4.74.